The molecule has 5 atom stereocenters. The maximum atomic E-state index is 9.62. The highest BCUT2D eigenvalue weighted by Gasteiger charge is 2.42. The van der Waals surface area contributed by atoms with Crippen molar-refractivity contribution in [3.05, 3.63) is 12.7 Å². The Morgan fingerprint density at radius 2 is 1.88 bits per heavy atom. The highest BCUT2D eigenvalue weighted by Crippen LogP contribution is 2.19. The predicted molar refractivity (Wildman–Crippen MR) is 56.6 cm³/mol. The van der Waals surface area contributed by atoms with E-state index >= 15 is 0 Å². The molecule has 16 heavy (non-hydrogen) atoms. The fraction of sp³-hybridized carbons (Fsp3) is 0.800. The van der Waals surface area contributed by atoms with Crippen molar-refractivity contribution in [2.45, 2.75) is 37.1 Å². The third kappa shape index (κ3) is 3.00. The number of nitrogens with one attached hydrogen (secondary N) is 1. The van der Waals surface area contributed by atoms with Gasteiger partial charge in [-0.3, -0.25) is 5.32 Å². The molecular formula is C10H19NO5. The number of hydrogen-bond donors (Lipinski definition) is 5. The molecule has 5 N–H and O–H groups in total. The summed E-state index contributed by atoms with van der Waals surface area (Å²) in [5, 5.41) is 40.4. The Morgan fingerprint density at radius 1 is 1.19 bits per heavy atom. The molecule has 0 aromatic heterocycles. The Morgan fingerprint density at radius 3 is 2.44 bits per heavy atom. The zero-order valence-electron chi connectivity index (χ0n) is 8.99. The monoisotopic (exact) mass is 233 g/mol. The van der Waals surface area contributed by atoms with E-state index in [0.29, 0.717) is 13.0 Å². The van der Waals surface area contributed by atoms with E-state index in [2.05, 4.69) is 11.9 Å². The molecule has 6 nitrogen and oxygen atoms in total. The normalized spacial score (nSPS) is 39.6. The first kappa shape index (κ1) is 13.6. The van der Waals surface area contributed by atoms with Gasteiger partial charge in [-0.1, -0.05) is 6.08 Å². The van der Waals surface area contributed by atoms with Crippen molar-refractivity contribution in [3.8, 4) is 0 Å². The Kier molecular flexibility index (Phi) is 5.33. The summed E-state index contributed by atoms with van der Waals surface area (Å²) in [5.41, 5.74) is 0. The summed E-state index contributed by atoms with van der Waals surface area (Å²) in [4.78, 5) is 0. The van der Waals surface area contributed by atoms with Crippen LogP contribution in [0.1, 0.15) is 6.42 Å². The third-order valence-electron chi connectivity index (χ3n) is 2.59. The van der Waals surface area contributed by atoms with E-state index in [1.165, 1.54) is 0 Å². The van der Waals surface area contributed by atoms with Gasteiger partial charge in [0, 0.05) is 6.54 Å². The molecule has 0 aliphatic carbocycles. The molecule has 0 aromatic carbocycles. The summed E-state index contributed by atoms with van der Waals surface area (Å²) < 4.78 is 5.22. The summed E-state index contributed by atoms with van der Waals surface area (Å²) in [6.45, 7) is 3.67. The van der Waals surface area contributed by atoms with E-state index in [9.17, 15) is 15.3 Å². The third-order valence-corrected chi connectivity index (χ3v) is 2.59. The molecule has 0 spiro atoms. The lowest BCUT2D eigenvalue weighted by Crippen LogP contribution is -2.62. The lowest BCUT2D eigenvalue weighted by molar-refractivity contribution is -0.236. The Balaban J connectivity index is 2.53. The van der Waals surface area contributed by atoms with Crippen molar-refractivity contribution >= 4 is 0 Å². The average molecular weight is 233 g/mol. The first-order valence-electron chi connectivity index (χ1n) is 5.26. The minimum atomic E-state index is -1.33. The molecule has 1 aliphatic rings. The second-order valence-electron chi connectivity index (χ2n) is 3.78. The number of ether oxygens (including phenoxy) is 1. The van der Waals surface area contributed by atoms with Gasteiger partial charge >= 0.3 is 0 Å². The van der Waals surface area contributed by atoms with Crippen LogP contribution in [0.3, 0.4) is 0 Å². The van der Waals surface area contributed by atoms with E-state index in [0.717, 1.165) is 0 Å². The van der Waals surface area contributed by atoms with Crippen LogP contribution in [-0.4, -0.2) is 64.2 Å². The van der Waals surface area contributed by atoms with Gasteiger partial charge in [-0.2, -0.15) is 0 Å². The number of hydrogen-bond acceptors (Lipinski definition) is 6. The van der Waals surface area contributed by atoms with Gasteiger partial charge in [-0.15, -0.1) is 6.58 Å². The molecule has 0 aromatic rings. The van der Waals surface area contributed by atoms with Crippen molar-refractivity contribution in [3.63, 3.8) is 0 Å². The van der Waals surface area contributed by atoms with Gasteiger partial charge in [-0.25, -0.2) is 0 Å². The zero-order valence-corrected chi connectivity index (χ0v) is 8.99. The van der Waals surface area contributed by atoms with E-state index in [1.54, 1.807) is 6.08 Å². The fourth-order valence-corrected chi connectivity index (χ4v) is 1.60. The second kappa shape index (κ2) is 6.29. The van der Waals surface area contributed by atoms with Crippen molar-refractivity contribution in [1.29, 1.82) is 0 Å². The first-order valence-corrected chi connectivity index (χ1v) is 5.26. The van der Waals surface area contributed by atoms with Crippen LogP contribution in [-0.2, 0) is 4.74 Å². The molecule has 1 aliphatic heterocycles. The number of aliphatic hydroxyl groups is 4. The smallest absolute Gasteiger partial charge is 0.137 e. The lowest BCUT2D eigenvalue weighted by atomic mass is 9.98. The summed E-state index contributed by atoms with van der Waals surface area (Å²) >= 11 is 0. The van der Waals surface area contributed by atoms with Crippen molar-refractivity contribution in [2.75, 3.05) is 13.2 Å². The van der Waals surface area contributed by atoms with E-state index < -0.39 is 37.3 Å². The molecule has 0 radical (unpaired) electrons. The molecule has 1 rings (SSSR count). The number of rotatable bonds is 5. The highest BCUT2D eigenvalue weighted by molar-refractivity contribution is 4.91. The maximum Gasteiger partial charge on any atom is 0.137 e. The second-order valence-corrected chi connectivity index (χ2v) is 3.78. The maximum absolute atomic E-state index is 9.62. The van der Waals surface area contributed by atoms with Crippen LogP contribution in [0.15, 0.2) is 12.7 Å². The van der Waals surface area contributed by atoms with Crippen LogP contribution >= 0.6 is 0 Å². The molecule has 1 fully saturated rings. The van der Waals surface area contributed by atoms with E-state index in [-0.39, 0.29) is 0 Å². The first-order chi connectivity index (χ1) is 7.61. The standard InChI is InChI=1S/C10H19NO5/c1-2-3-4-11-10-9(15)8(14)7(13)6(5-12)16-10/h2,6-15H,1,3-5H2/t6-,7+,8+,9-,10?/m1/s1. The van der Waals surface area contributed by atoms with Gasteiger partial charge in [0.15, 0.2) is 0 Å². The molecule has 94 valence electrons. The molecule has 0 amide bonds. The lowest BCUT2D eigenvalue weighted by Gasteiger charge is -2.40. The van der Waals surface area contributed by atoms with Gasteiger partial charge in [0.2, 0.25) is 0 Å². The van der Waals surface area contributed by atoms with Gasteiger partial charge in [-0.05, 0) is 6.42 Å². The Bertz CT molecular complexity index is 223. The molecule has 1 unspecified atom stereocenters. The molecule has 0 saturated carbocycles. The average Bonchev–Trinajstić information content (AvgIpc) is 2.29. The predicted octanol–water partition coefficient (Wildman–Crippen LogP) is -2.05. The van der Waals surface area contributed by atoms with Crippen molar-refractivity contribution in [1.82, 2.24) is 5.32 Å². The zero-order chi connectivity index (χ0) is 12.1. The van der Waals surface area contributed by atoms with Gasteiger partial charge in [0.25, 0.3) is 0 Å². The minimum absolute atomic E-state index is 0.412. The Labute approximate surface area is 94.2 Å². The molecule has 0 bridgehead atoms. The van der Waals surface area contributed by atoms with Crippen molar-refractivity contribution in [2.24, 2.45) is 0 Å². The Hall–Kier alpha value is -0.500. The molecule has 1 saturated heterocycles. The summed E-state index contributed by atoms with van der Waals surface area (Å²) in [6.07, 6.45) is -3.12. The van der Waals surface area contributed by atoms with Crippen LogP contribution < -0.4 is 5.32 Å². The topological polar surface area (TPSA) is 102 Å². The van der Waals surface area contributed by atoms with Crippen molar-refractivity contribution < 1.29 is 25.2 Å². The van der Waals surface area contributed by atoms with Crippen LogP contribution in [0, 0.1) is 0 Å². The molecule has 1 heterocycles. The quantitative estimate of drug-likeness (QED) is 0.277. The van der Waals surface area contributed by atoms with Gasteiger partial charge in [0.1, 0.15) is 30.6 Å². The van der Waals surface area contributed by atoms with Crippen LogP contribution in [0.2, 0.25) is 0 Å². The summed E-state index contributed by atoms with van der Waals surface area (Å²) in [5.74, 6) is 0. The van der Waals surface area contributed by atoms with E-state index in [4.69, 9.17) is 9.84 Å². The van der Waals surface area contributed by atoms with E-state index in [1.807, 2.05) is 0 Å². The van der Waals surface area contributed by atoms with Crippen LogP contribution in [0.25, 0.3) is 0 Å². The molecule has 6 heteroatoms. The highest BCUT2D eigenvalue weighted by atomic mass is 16.6. The largest absolute Gasteiger partial charge is 0.394 e. The molecular weight excluding hydrogens is 214 g/mol. The van der Waals surface area contributed by atoms with Crippen LogP contribution in [0.5, 0.6) is 0 Å². The SMILES string of the molecule is C=CCCNC1O[C@H](CO)[C@H](O)[C@H](O)[C@H]1O. The fourth-order valence-electron chi connectivity index (χ4n) is 1.60. The van der Waals surface area contributed by atoms with Gasteiger partial charge in [0.05, 0.1) is 6.61 Å². The minimum Gasteiger partial charge on any atom is -0.394 e. The number of aliphatic hydroxyl groups excluding tert-OH is 4. The van der Waals surface area contributed by atoms with Gasteiger partial charge < -0.3 is 25.2 Å². The summed E-state index contributed by atoms with van der Waals surface area (Å²) in [7, 11) is 0. The van der Waals surface area contributed by atoms with Crippen LogP contribution in [0.4, 0.5) is 0 Å². The summed E-state index contributed by atoms with van der Waals surface area (Å²) in [6, 6.07) is 0.